The van der Waals surface area contributed by atoms with Gasteiger partial charge in [0.25, 0.3) is 0 Å². The van der Waals surface area contributed by atoms with Gasteiger partial charge in [-0.3, -0.25) is 4.90 Å². The molecule has 4 heteroatoms. The second-order valence-corrected chi connectivity index (χ2v) is 5.88. The number of nitrogens with zero attached hydrogens (tertiary/aromatic N) is 1. The van der Waals surface area contributed by atoms with Crippen molar-refractivity contribution in [1.29, 1.82) is 0 Å². The Labute approximate surface area is 121 Å². The second-order valence-electron chi connectivity index (χ2n) is 5.88. The Kier molecular flexibility index (Phi) is 4.13. The fourth-order valence-corrected chi connectivity index (χ4v) is 3.22. The van der Waals surface area contributed by atoms with E-state index in [1.165, 1.54) is 5.56 Å². The maximum absolute atomic E-state index is 5.73. The second kappa shape index (κ2) is 6.02. The van der Waals surface area contributed by atoms with E-state index in [-0.39, 0.29) is 0 Å². The van der Waals surface area contributed by atoms with Crippen LogP contribution in [0.1, 0.15) is 25.5 Å². The highest BCUT2D eigenvalue weighted by Crippen LogP contribution is 2.36. The van der Waals surface area contributed by atoms with Crippen molar-refractivity contribution in [3.8, 4) is 11.5 Å². The number of benzene rings is 1. The number of hydrogen-bond donors (Lipinski definition) is 1. The largest absolute Gasteiger partial charge is 0.486 e. The molecule has 0 radical (unpaired) electrons. The van der Waals surface area contributed by atoms with Gasteiger partial charge in [0.05, 0.1) is 0 Å². The lowest BCUT2D eigenvalue weighted by atomic mass is 9.93. The van der Waals surface area contributed by atoms with E-state index in [1.807, 2.05) is 0 Å². The molecule has 0 bridgehead atoms. The van der Waals surface area contributed by atoms with Gasteiger partial charge in [0.2, 0.25) is 0 Å². The Hall–Kier alpha value is -1.26. The monoisotopic (exact) mass is 276 g/mol. The molecule has 0 amide bonds. The van der Waals surface area contributed by atoms with Crippen LogP contribution in [0.2, 0.25) is 0 Å². The van der Waals surface area contributed by atoms with E-state index in [1.54, 1.807) is 0 Å². The highest BCUT2D eigenvalue weighted by atomic mass is 16.6. The first-order valence-electron chi connectivity index (χ1n) is 7.60. The van der Waals surface area contributed by atoms with Crippen molar-refractivity contribution in [2.24, 2.45) is 5.92 Å². The molecule has 0 spiro atoms. The molecule has 2 aliphatic rings. The third-order valence-corrected chi connectivity index (χ3v) is 4.08. The van der Waals surface area contributed by atoms with Gasteiger partial charge in [-0.05, 0) is 23.6 Å². The molecule has 1 atom stereocenters. The van der Waals surface area contributed by atoms with Crippen LogP contribution in [-0.2, 0) is 0 Å². The molecule has 110 valence electrons. The Morgan fingerprint density at radius 3 is 2.45 bits per heavy atom. The van der Waals surface area contributed by atoms with Gasteiger partial charge in [0.15, 0.2) is 11.5 Å². The van der Waals surface area contributed by atoms with Crippen LogP contribution in [0.15, 0.2) is 18.2 Å². The van der Waals surface area contributed by atoms with Gasteiger partial charge in [-0.15, -0.1) is 0 Å². The summed E-state index contributed by atoms with van der Waals surface area (Å²) in [6.07, 6.45) is 0. The van der Waals surface area contributed by atoms with Crippen molar-refractivity contribution in [1.82, 2.24) is 10.2 Å². The third-order valence-electron chi connectivity index (χ3n) is 4.08. The Morgan fingerprint density at radius 1 is 1.05 bits per heavy atom. The Balaban J connectivity index is 1.86. The van der Waals surface area contributed by atoms with Gasteiger partial charge >= 0.3 is 0 Å². The van der Waals surface area contributed by atoms with Crippen LogP contribution < -0.4 is 14.8 Å². The molecule has 1 N–H and O–H groups in total. The molecule has 1 aromatic carbocycles. The van der Waals surface area contributed by atoms with Crippen LogP contribution in [-0.4, -0.2) is 44.3 Å². The molecular weight excluding hydrogens is 252 g/mol. The Morgan fingerprint density at radius 2 is 1.75 bits per heavy atom. The first kappa shape index (κ1) is 13.7. The maximum Gasteiger partial charge on any atom is 0.161 e. The molecule has 0 aromatic heterocycles. The summed E-state index contributed by atoms with van der Waals surface area (Å²) in [5, 5.41) is 3.42. The standard InChI is InChI=1S/C16H24N2O2/c1-12(2)16(18-7-5-17-6-8-18)13-3-4-14-15(11-13)20-10-9-19-14/h3-4,11-12,16-17H,5-10H2,1-2H3. The van der Waals surface area contributed by atoms with Crippen molar-refractivity contribution in [3.05, 3.63) is 23.8 Å². The third kappa shape index (κ3) is 2.76. The lowest BCUT2D eigenvalue weighted by Crippen LogP contribution is -2.46. The van der Waals surface area contributed by atoms with E-state index in [0.717, 1.165) is 37.7 Å². The molecule has 2 heterocycles. The lowest BCUT2D eigenvalue weighted by Gasteiger charge is -2.38. The van der Waals surface area contributed by atoms with E-state index in [0.29, 0.717) is 25.2 Å². The van der Waals surface area contributed by atoms with Crippen LogP contribution in [0.25, 0.3) is 0 Å². The van der Waals surface area contributed by atoms with E-state index < -0.39 is 0 Å². The van der Waals surface area contributed by atoms with Crippen molar-refractivity contribution in [2.45, 2.75) is 19.9 Å². The average molecular weight is 276 g/mol. The predicted octanol–water partition coefficient (Wildman–Crippen LogP) is 2.06. The summed E-state index contributed by atoms with van der Waals surface area (Å²) in [5.74, 6) is 2.35. The van der Waals surface area contributed by atoms with E-state index in [2.05, 4.69) is 42.3 Å². The van der Waals surface area contributed by atoms with E-state index >= 15 is 0 Å². The molecule has 1 saturated heterocycles. The SMILES string of the molecule is CC(C)C(c1ccc2c(c1)OCCO2)N1CCNCC1. The number of ether oxygens (including phenoxy) is 2. The highest BCUT2D eigenvalue weighted by molar-refractivity contribution is 5.44. The van der Waals surface area contributed by atoms with Gasteiger partial charge in [-0.2, -0.15) is 0 Å². The first-order chi connectivity index (χ1) is 9.75. The minimum atomic E-state index is 0.452. The number of nitrogens with one attached hydrogen (secondary N) is 1. The summed E-state index contributed by atoms with van der Waals surface area (Å²) >= 11 is 0. The van der Waals surface area contributed by atoms with Gasteiger partial charge in [0.1, 0.15) is 13.2 Å². The van der Waals surface area contributed by atoms with Crippen LogP contribution in [0.5, 0.6) is 11.5 Å². The van der Waals surface area contributed by atoms with Crippen LogP contribution in [0, 0.1) is 5.92 Å². The number of hydrogen-bond acceptors (Lipinski definition) is 4. The molecule has 0 aliphatic carbocycles. The van der Waals surface area contributed by atoms with Crippen molar-refractivity contribution < 1.29 is 9.47 Å². The summed E-state index contributed by atoms with van der Waals surface area (Å²) in [7, 11) is 0. The fraction of sp³-hybridized carbons (Fsp3) is 0.625. The molecule has 2 aliphatic heterocycles. The zero-order valence-electron chi connectivity index (χ0n) is 12.4. The number of fused-ring (bicyclic) bond motifs is 1. The van der Waals surface area contributed by atoms with Gasteiger partial charge in [-0.1, -0.05) is 19.9 Å². The minimum absolute atomic E-state index is 0.452. The van der Waals surface area contributed by atoms with Gasteiger partial charge in [-0.25, -0.2) is 0 Å². The average Bonchev–Trinajstić information content (AvgIpc) is 2.48. The molecule has 0 saturated carbocycles. The van der Waals surface area contributed by atoms with Crippen LogP contribution >= 0.6 is 0 Å². The number of rotatable bonds is 3. The Bertz CT molecular complexity index is 456. The molecule has 20 heavy (non-hydrogen) atoms. The summed E-state index contributed by atoms with van der Waals surface area (Å²) in [4.78, 5) is 2.58. The summed E-state index contributed by atoms with van der Waals surface area (Å²) in [6, 6.07) is 6.87. The zero-order chi connectivity index (χ0) is 13.9. The maximum atomic E-state index is 5.73. The number of piperazine rings is 1. The quantitative estimate of drug-likeness (QED) is 0.916. The smallest absolute Gasteiger partial charge is 0.161 e. The summed E-state index contributed by atoms with van der Waals surface area (Å²) < 4.78 is 11.3. The normalized spacial score (nSPS) is 20.9. The highest BCUT2D eigenvalue weighted by Gasteiger charge is 2.26. The molecule has 3 rings (SSSR count). The van der Waals surface area contributed by atoms with Crippen LogP contribution in [0.4, 0.5) is 0 Å². The lowest BCUT2D eigenvalue weighted by molar-refractivity contribution is 0.135. The molecule has 1 aromatic rings. The van der Waals surface area contributed by atoms with E-state index in [9.17, 15) is 0 Å². The molecular formula is C16H24N2O2. The van der Waals surface area contributed by atoms with E-state index in [4.69, 9.17) is 9.47 Å². The summed E-state index contributed by atoms with van der Waals surface area (Å²) in [6.45, 7) is 10.3. The minimum Gasteiger partial charge on any atom is -0.486 e. The van der Waals surface area contributed by atoms with Crippen molar-refractivity contribution in [3.63, 3.8) is 0 Å². The fourth-order valence-electron chi connectivity index (χ4n) is 3.22. The first-order valence-corrected chi connectivity index (χ1v) is 7.60. The van der Waals surface area contributed by atoms with Crippen LogP contribution in [0.3, 0.4) is 0 Å². The van der Waals surface area contributed by atoms with Crippen molar-refractivity contribution >= 4 is 0 Å². The van der Waals surface area contributed by atoms with Crippen molar-refractivity contribution in [2.75, 3.05) is 39.4 Å². The molecule has 4 nitrogen and oxygen atoms in total. The zero-order valence-corrected chi connectivity index (χ0v) is 12.4. The molecule has 1 fully saturated rings. The topological polar surface area (TPSA) is 33.7 Å². The molecule has 1 unspecified atom stereocenters. The summed E-state index contributed by atoms with van der Waals surface area (Å²) in [5.41, 5.74) is 1.34. The van der Waals surface area contributed by atoms with Gasteiger partial charge < -0.3 is 14.8 Å². The van der Waals surface area contributed by atoms with Gasteiger partial charge in [0, 0.05) is 32.2 Å². The predicted molar refractivity (Wildman–Crippen MR) is 79.5 cm³/mol.